The van der Waals surface area contributed by atoms with Gasteiger partial charge in [0.1, 0.15) is 6.61 Å². The number of nitrogens with zero attached hydrogens (tertiary/aromatic N) is 1. The van der Waals surface area contributed by atoms with Gasteiger partial charge in [0.25, 0.3) is 0 Å². The predicted octanol–water partition coefficient (Wildman–Crippen LogP) is 3.00. The summed E-state index contributed by atoms with van der Waals surface area (Å²) in [6.45, 7) is 5.63. The first kappa shape index (κ1) is 22.8. The van der Waals surface area contributed by atoms with E-state index < -0.39 is 5.60 Å². The Labute approximate surface area is 186 Å². The lowest BCUT2D eigenvalue weighted by molar-refractivity contribution is -0.209. The molecular weight excluding hydrogens is 392 g/mol. The third-order valence-electron chi connectivity index (χ3n) is 10.1. The van der Waals surface area contributed by atoms with Crippen LogP contribution in [0.25, 0.3) is 0 Å². The minimum atomic E-state index is -0.579. The minimum Gasteiger partial charge on any atom is -0.394 e. The lowest BCUT2D eigenvalue weighted by atomic mass is 9.43. The number of hydrogen-bond acceptors (Lipinski definition) is 5. The van der Waals surface area contributed by atoms with Crippen molar-refractivity contribution < 1.29 is 15.1 Å². The van der Waals surface area contributed by atoms with Crippen molar-refractivity contribution in [3.63, 3.8) is 0 Å². The first-order valence-electron chi connectivity index (χ1n) is 12.3. The van der Waals surface area contributed by atoms with Crippen molar-refractivity contribution in [3.8, 4) is 0 Å². The van der Waals surface area contributed by atoms with Crippen LogP contribution >= 0.6 is 0 Å². The first-order chi connectivity index (χ1) is 14.7. The molecule has 0 aromatic carbocycles. The molecule has 0 amide bonds. The summed E-state index contributed by atoms with van der Waals surface area (Å²) in [6.07, 6.45) is 12.1. The summed E-state index contributed by atoms with van der Waals surface area (Å²) in [5.74, 6) is 1.96. The molecule has 31 heavy (non-hydrogen) atoms. The molecule has 3 unspecified atom stereocenters. The Morgan fingerprint density at radius 3 is 2.74 bits per heavy atom. The number of hydrogen-bond donors (Lipinski definition) is 5. The molecule has 0 saturated heterocycles. The Balaban J connectivity index is 1.39. The van der Waals surface area contributed by atoms with Gasteiger partial charge in [-0.15, -0.1) is 0 Å². The van der Waals surface area contributed by atoms with Crippen LogP contribution in [-0.4, -0.2) is 47.2 Å². The summed E-state index contributed by atoms with van der Waals surface area (Å²) in [5.41, 5.74) is 4.88. The molecule has 7 nitrogen and oxygen atoms in total. The molecular formula is C24H42N4O3. The highest BCUT2D eigenvalue weighted by Gasteiger charge is 2.66. The number of aliphatic hydroxyl groups is 2. The zero-order valence-electron chi connectivity index (χ0n) is 19.3. The highest BCUT2D eigenvalue weighted by atomic mass is 16.6. The molecule has 0 aromatic heterocycles. The number of nitrogens with one attached hydrogen (secondary N) is 2. The zero-order chi connectivity index (χ0) is 22.3. The molecule has 0 aliphatic heterocycles. The fourth-order valence-electron chi connectivity index (χ4n) is 8.20. The van der Waals surface area contributed by atoms with Gasteiger partial charge in [0.2, 0.25) is 0 Å². The summed E-state index contributed by atoms with van der Waals surface area (Å²) in [7, 11) is 0. The Hall–Kier alpha value is -1.34. The Bertz CT molecular complexity index is 702. The van der Waals surface area contributed by atoms with Crippen molar-refractivity contribution in [3.05, 3.63) is 0 Å². The summed E-state index contributed by atoms with van der Waals surface area (Å²) in [4.78, 5) is 5.28. The van der Waals surface area contributed by atoms with Crippen LogP contribution in [0.5, 0.6) is 0 Å². The van der Waals surface area contributed by atoms with Gasteiger partial charge in [0, 0.05) is 6.21 Å². The molecule has 4 aliphatic carbocycles. The number of guanidine groups is 1. The van der Waals surface area contributed by atoms with Crippen LogP contribution in [0.2, 0.25) is 0 Å². The Kier molecular flexibility index (Phi) is 6.29. The summed E-state index contributed by atoms with van der Waals surface area (Å²) in [5, 5.41) is 36.3. The SMILES string of the molecule is C[C@]12CCC(O)CC1CC[C@@H]1[C@H]2CC[C@]2(C)C(C/C=N/OCCNC(=N)N)CC[C@@]12O. The zero-order valence-corrected chi connectivity index (χ0v) is 19.3. The van der Waals surface area contributed by atoms with E-state index in [9.17, 15) is 10.2 Å². The summed E-state index contributed by atoms with van der Waals surface area (Å²) < 4.78 is 0. The quantitative estimate of drug-likeness (QED) is 0.190. The molecule has 176 valence electrons. The molecule has 0 bridgehead atoms. The fourth-order valence-corrected chi connectivity index (χ4v) is 8.20. The maximum absolute atomic E-state index is 12.2. The molecule has 6 N–H and O–H groups in total. The van der Waals surface area contributed by atoms with Gasteiger partial charge in [-0.05, 0) is 98.7 Å². The second-order valence-electron chi connectivity index (χ2n) is 11.2. The third kappa shape index (κ3) is 3.86. The van der Waals surface area contributed by atoms with E-state index in [1.165, 1.54) is 6.42 Å². The first-order valence-corrected chi connectivity index (χ1v) is 12.3. The lowest BCUT2D eigenvalue weighted by Crippen LogP contribution is -2.62. The average molecular weight is 435 g/mol. The van der Waals surface area contributed by atoms with E-state index in [1.54, 1.807) is 0 Å². The maximum atomic E-state index is 12.2. The normalized spacial score (nSPS) is 46.8. The van der Waals surface area contributed by atoms with E-state index in [1.807, 2.05) is 6.21 Å². The van der Waals surface area contributed by atoms with Crippen LogP contribution in [0.15, 0.2) is 5.16 Å². The Morgan fingerprint density at radius 1 is 1.16 bits per heavy atom. The molecule has 7 heteroatoms. The molecule has 8 atom stereocenters. The smallest absolute Gasteiger partial charge is 0.185 e. The number of oxime groups is 1. The van der Waals surface area contributed by atoms with Crippen molar-refractivity contribution in [1.29, 1.82) is 5.41 Å². The van der Waals surface area contributed by atoms with Crippen molar-refractivity contribution in [2.24, 2.45) is 45.4 Å². The molecule has 4 fully saturated rings. The van der Waals surface area contributed by atoms with Crippen LogP contribution in [0.3, 0.4) is 0 Å². The van der Waals surface area contributed by atoms with Gasteiger partial charge >= 0.3 is 0 Å². The van der Waals surface area contributed by atoms with Gasteiger partial charge < -0.3 is 26.1 Å². The predicted molar refractivity (Wildman–Crippen MR) is 122 cm³/mol. The number of aliphatic hydroxyl groups excluding tert-OH is 1. The molecule has 0 radical (unpaired) electrons. The molecule has 4 saturated carbocycles. The monoisotopic (exact) mass is 434 g/mol. The van der Waals surface area contributed by atoms with Gasteiger partial charge in [-0.2, -0.15) is 0 Å². The van der Waals surface area contributed by atoms with Gasteiger partial charge in [0.05, 0.1) is 18.2 Å². The van der Waals surface area contributed by atoms with Gasteiger partial charge in [-0.3, -0.25) is 5.41 Å². The molecule has 0 heterocycles. The molecule has 4 aliphatic rings. The van der Waals surface area contributed by atoms with Crippen molar-refractivity contribution >= 4 is 12.2 Å². The molecule has 0 spiro atoms. The standard InChI is InChI=1S/C24H42N4O3/c1-22-9-6-18(29)15-17(22)3-4-20-19(22)7-10-23(2)16(5-11-24(20,23)30)8-12-28-31-14-13-27-21(25)26/h12,16-20,29-30H,3-11,13-15H2,1-2H3,(H4,25,26,27)/b28-12+/t16?,17?,18?,19-,20-,22+,23-,24-/m1/s1. The maximum Gasteiger partial charge on any atom is 0.185 e. The van der Waals surface area contributed by atoms with Crippen LogP contribution in [-0.2, 0) is 4.84 Å². The van der Waals surface area contributed by atoms with E-state index in [2.05, 4.69) is 24.3 Å². The summed E-state index contributed by atoms with van der Waals surface area (Å²) >= 11 is 0. The highest BCUT2D eigenvalue weighted by molar-refractivity contribution is 5.74. The fraction of sp³-hybridized carbons (Fsp3) is 0.917. The van der Waals surface area contributed by atoms with E-state index >= 15 is 0 Å². The average Bonchev–Trinajstić information content (AvgIpc) is 2.99. The second-order valence-corrected chi connectivity index (χ2v) is 11.2. The number of rotatable bonds is 6. The van der Waals surface area contributed by atoms with Crippen LogP contribution in [0.1, 0.15) is 78.1 Å². The third-order valence-corrected chi connectivity index (χ3v) is 10.1. The number of nitrogens with two attached hydrogens (primary N) is 1. The van der Waals surface area contributed by atoms with Crippen molar-refractivity contribution in [2.75, 3.05) is 13.2 Å². The van der Waals surface area contributed by atoms with Gasteiger partial charge in [-0.1, -0.05) is 19.0 Å². The van der Waals surface area contributed by atoms with Gasteiger partial charge in [-0.25, -0.2) is 0 Å². The molecule has 0 aromatic rings. The van der Waals surface area contributed by atoms with E-state index in [0.29, 0.717) is 36.8 Å². The van der Waals surface area contributed by atoms with Crippen molar-refractivity contribution in [2.45, 2.75) is 89.8 Å². The van der Waals surface area contributed by atoms with E-state index in [4.69, 9.17) is 16.0 Å². The van der Waals surface area contributed by atoms with Crippen LogP contribution in [0, 0.1) is 39.9 Å². The lowest BCUT2D eigenvalue weighted by Gasteiger charge is -2.63. The van der Waals surface area contributed by atoms with Crippen LogP contribution < -0.4 is 11.1 Å². The minimum absolute atomic E-state index is 0.0614. The van der Waals surface area contributed by atoms with E-state index in [-0.39, 0.29) is 22.9 Å². The molecule has 4 rings (SSSR count). The van der Waals surface area contributed by atoms with Crippen LogP contribution in [0.4, 0.5) is 0 Å². The highest BCUT2D eigenvalue weighted by Crippen LogP contribution is 2.69. The largest absolute Gasteiger partial charge is 0.394 e. The van der Waals surface area contributed by atoms with Gasteiger partial charge in [0.15, 0.2) is 5.96 Å². The topological polar surface area (TPSA) is 124 Å². The Morgan fingerprint density at radius 2 is 1.97 bits per heavy atom. The van der Waals surface area contributed by atoms with E-state index in [0.717, 1.165) is 57.8 Å². The summed E-state index contributed by atoms with van der Waals surface area (Å²) in [6, 6.07) is 0. The number of fused-ring (bicyclic) bond motifs is 5. The second kappa shape index (κ2) is 8.54. The van der Waals surface area contributed by atoms with Crippen molar-refractivity contribution in [1.82, 2.24) is 5.32 Å².